The van der Waals surface area contributed by atoms with Gasteiger partial charge in [-0.25, -0.2) is 0 Å². The zero-order valence-electron chi connectivity index (χ0n) is 14.2. The monoisotopic (exact) mass is 308 g/mol. The Morgan fingerprint density at radius 1 is 1.29 bits per heavy atom. The van der Waals surface area contributed by atoms with E-state index < -0.39 is 0 Å². The summed E-state index contributed by atoms with van der Waals surface area (Å²) in [6.07, 6.45) is 5.33. The van der Waals surface area contributed by atoms with Crippen molar-refractivity contribution in [3.8, 4) is 0 Å². The van der Waals surface area contributed by atoms with Gasteiger partial charge in [0, 0.05) is 28.9 Å². The SMILES string of the molecule is CCCN(Cc1ccc(C(C)(C)C)s1)CC1CCCCN1. The molecule has 3 heteroatoms. The highest BCUT2D eigenvalue weighted by Gasteiger charge is 2.19. The molecule has 1 saturated heterocycles. The summed E-state index contributed by atoms with van der Waals surface area (Å²) in [5.74, 6) is 0. The Labute approximate surface area is 134 Å². The molecule has 120 valence electrons. The maximum atomic E-state index is 3.68. The highest BCUT2D eigenvalue weighted by Crippen LogP contribution is 2.30. The normalized spacial score (nSPS) is 20.1. The van der Waals surface area contributed by atoms with Crippen LogP contribution in [0.2, 0.25) is 0 Å². The highest BCUT2D eigenvalue weighted by molar-refractivity contribution is 7.12. The molecule has 1 fully saturated rings. The highest BCUT2D eigenvalue weighted by atomic mass is 32.1. The molecule has 0 aliphatic carbocycles. The predicted molar refractivity (Wildman–Crippen MR) is 94.2 cm³/mol. The second-order valence-corrected chi connectivity index (χ2v) is 8.57. The van der Waals surface area contributed by atoms with Gasteiger partial charge in [-0.3, -0.25) is 4.90 Å². The molecule has 0 radical (unpaired) electrons. The summed E-state index contributed by atoms with van der Waals surface area (Å²) in [7, 11) is 0. The van der Waals surface area contributed by atoms with Crippen LogP contribution in [0.5, 0.6) is 0 Å². The van der Waals surface area contributed by atoms with Crippen molar-refractivity contribution in [2.45, 2.75) is 71.4 Å². The van der Waals surface area contributed by atoms with Crippen LogP contribution in [0.25, 0.3) is 0 Å². The van der Waals surface area contributed by atoms with Gasteiger partial charge in [-0.05, 0) is 49.9 Å². The number of thiophene rings is 1. The van der Waals surface area contributed by atoms with E-state index in [1.54, 1.807) is 0 Å². The van der Waals surface area contributed by atoms with E-state index in [4.69, 9.17) is 0 Å². The number of hydrogen-bond donors (Lipinski definition) is 1. The minimum atomic E-state index is 0.281. The largest absolute Gasteiger partial charge is 0.313 e. The fourth-order valence-electron chi connectivity index (χ4n) is 3.03. The lowest BCUT2D eigenvalue weighted by molar-refractivity contribution is 0.219. The van der Waals surface area contributed by atoms with E-state index in [2.05, 4.69) is 50.0 Å². The Balaban J connectivity index is 1.93. The van der Waals surface area contributed by atoms with Crippen molar-refractivity contribution in [2.24, 2.45) is 0 Å². The predicted octanol–water partition coefficient (Wildman–Crippen LogP) is 4.40. The third kappa shape index (κ3) is 5.39. The first kappa shape index (κ1) is 17.0. The number of rotatable bonds is 6. The van der Waals surface area contributed by atoms with Crippen molar-refractivity contribution >= 4 is 11.3 Å². The molecule has 1 unspecified atom stereocenters. The van der Waals surface area contributed by atoms with Crippen molar-refractivity contribution in [1.82, 2.24) is 10.2 Å². The molecule has 1 aromatic rings. The molecular formula is C18H32N2S. The molecule has 2 rings (SSSR count). The molecule has 1 aliphatic heterocycles. The minimum Gasteiger partial charge on any atom is -0.313 e. The van der Waals surface area contributed by atoms with Crippen molar-refractivity contribution in [2.75, 3.05) is 19.6 Å². The summed E-state index contributed by atoms with van der Waals surface area (Å²) in [5, 5.41) is 3.68. The molecule has 2 heterocycles. The Morgan fingerprint density at radius 3 is 2.67 bits per heavy atom. The average Bonchev–Trinajstić information content (AvgIpc) is 2.89. The van der Waals surface area contributed by atoms with Crippen molar-refractivity contribution in [1.29, 1.82) is 0 Å². The maximum absolute atomic E-state index is 3.68. The van der Waals surface area contributed by atoms with Crippen LogP contribution in [0, 0.1) is 0 Å². The molecule has 0 aromatic carbocycles. The van der Waals surface area contributed by atoms with Crippen LogP contribution in [0.15, 0.2) is 12.1 Å². The fraction of sp³-hybridized carbons (Fsp3) is 0.778. The Hall–Kier alpha value is -0.380. The van der Waals surface area contributed by atoms with Gasteiger partial charge < -0.3 is 5.32 Å². The summed E-state index contributed by atoms with van der Waals surface area (Å²) in [4.78, 5) is 5.66. The van der Waals surface area contributed by atoms with Crippen molar-refractivity contribution in [3.63, 3.8) is 0 Å². The molecule has 0 amide bonds. The van der Waals surface area contributed by atoms with Gasteiger partial charge in [0.05, 0.1) is 0 Å². The molecule has 1 atom stereocenters. The van der Waals surface area contributed by atoms with Gasteiger partial charge in [0.25, 0.3) is 0 Å². The first-order valence-electron chi connectivity index (χ1n) is 8.54. The van der Waals surface area contributed by atoms with Gasteiger partial charge in [0.15, 0.2) is 0 Å². The summed E-state index contributed by atoms with van der Waals surface area (Å²) in [5.41, 5.74) is 0.281. The van der Waals surface area contributed by atoms with Crippen LogP contribution in [0.4, 0.5) is 0 Å². The summed E-state index contributed by atoms with van der Waals surface area (Å²) in [6.45, 7) is 13.9. The molecule has 1 aliphatic rings. The van der Waals surface area contributed by atoms with Crippen LogP contribution in [-0.2, 0) is 12.0 Å². The van der Waals surface area contributed by atoms with Crippen LogP contribution < -0.4 is 5.32 Å². The Morgan fingerprint density at radius 2 is 2.10 bits per heavy atom. The van der Waals surface area contributed by atoms with Crippen molar-refractivity contribution < 1.29 is 0 Å². The fourth-order valence-corrected chi connectivity index (χ4v) is 4.14. The molecular weight excluding hydrogens is 276 g/mol. The van der Waals surface area contributed by atoms with Crippen LogP contribution >= 0.6 is 11.3 Å². The minimum absolute atomic E-state index is 0.281. The van der Waals surface area contributed by atoms with Gasteiger partial charge >= 0.3 is 0 Å². The van der Waals surface area contributed by atoms with Gasteiger partial charge in [0.2, 0.25) is 0 Å². The van der Waals surface area contributed by atoms with E-state index in [0.29, 0.717) is 6.04 Å². The summed E-state index contributed by atoms with van der Waals surface area (Å²) < 4.78 is 0. The van der Waals surface area contributed by atoms with E-state index in [0.717, 1.165) is 6.54 Å². The second kappa shape index (κ2) is 7.75. The van der Waals surface area contributed by atoms with Crippen LogP contribution in [0.3, 0.4) is 0 Å². The van der Waals surface area contributed by atoms with Crippen LogP contribution in [0.1, 0.15) is 63.1 Å². The van der Waals surface area contributed by atoms with E-state index in [1.807, 2.05) is 11.3 Å². The zero-order valence-corrected chi connectivity index (χ0v) is 15.1. The smallest absolute Gasteiger partial charge is 0.0328 e. The van der Waals surface area contributed by atoms with Gasteiger partial charge in [-0.1, -0.05) is 34.1 Å². The van der Waals surface area contributed by atoms with Gasteiger partial charge in [-0.2, -0.15) is 0 Å². The quantitative estimate of drug-likeness (QED) is 0.838. The number of hydrogen-bond acceptors (Lipinski definition) is 3. The molecule has 0 spiro atoms. The Kier molecular flexibility index (Phi) is 6.27. The Bertz CT molecular complexity index is 413. The van der Waals surface area contributed by atoms with Crippen molar-refractivity contribution in [3.05, 3.63) is 21.9 Å². The lowest BCUT2D eigenvalue weighted by atomic mass is 9.95. The third-order valence-electron chi connectivity index (χ3n) is 4.21. The second-order valence-electron chi connectivity index (χ2n) is 7.40. The van der Waals surface area contributed by atoms with Gasteiger partial charge in [0.1, 0.15) is 0 Å². The molecule has 21 heavy (non-hydrogen) atoms. The maximum Gasteiger partial charge on any atom is 0.0328 e. The molecule has 1 aromatic heterocycles. The molecule has 1 N–H and O–H groups in total. The third-order valence-corrected chi connectivity index (χ3v) is 5.71. The molecule has 2 nitrogen and oxygen atoms in total. The molecule has 0 bridgehead atoms. The first-order chi connectivity index (χ1) is 9.99. The topological polar surface area (TPSA) is 15.3 Å². The number of nitrogens with zero attached hydrogens (tertiary/aromatic N) is 1. The summed E-state index contributed by atoms with van der Waals surface area (Å²) in [6, 6.07) is 5.36. The van der Waals surface area contributed by atoms with E-state index in [-0.39, 0.29) is 5.41 Å². The van der Waals surface area contributed by atoms with E-state index >= 15 is 0 Å². The first-order valence-corrected chi connectivity index (χ1v) is 9.35. The van der Waals surface area contributed by atoms with E-state index in [9.17, 15) is 0 Å². The van der Waals surface area contributed by atoms with E-state index in [1.165, 1.54) is 55.1 Å². The standard InChI is InChI=1S/C18H32N2S/c1-5-12-20(13-15-8-6-7-11-19-15)14-16-9-10-17(21-16)18(2,3)4/h9-10,15,19H,5-8,11-14H2,1-4H3. The average molecular weight is 309 g/mol. The lowest BCUT2D eigenvalue weighted by Gasteiger charge is -2.30. The zero-order chi connectivity index (χ0) is 15.3. The number of piperidine rings is 1. The van der Waals surface area contributed by atoms with Gasteiger partial charge in [-0.15, -0.1) is 11.3 Å². The molecule has 0 saturated carbocycles. The summed E-state index contributed by atoms with van der Waals surface area (Å²) >= 11 is 1.99. The number of nitrogens with one attached hydrogen (secondary N) is 1. The van der Waals surface area contributed by atoms with Crippen LogP contribution in [-0.4, -0.2) is 30.6 Å². The lowest BCUT2D eigenvalue weighted by Crippen LogP contribution is -2.43.